The van der Waals surface area contributed by atoms with Crippen molar-refractivity contribution >= 4 is 15.7 Å². The van der Waals surface area contributed by atoms with E-state index >= 15 is 0 Å². The third kappa shape index (κ3) is 5.46. The smallest absolute Gasteiger partial charge is 0.253 e. The standard InChI is InChI=1S/C19H29NO4S/c1-14(2)13-25(22,23)18-9-11-20(12-10-18)19(21)16-5-7-17(8-6-16)24-15(3)4/h5-8,14-15,18H,9-13H2,1-4H3. The number of carbonyl (C=O) groups is 1. The summed E-state index contributed by atoms with van der Waals surface area (Å²) in [5.74, 6) is 1.06. The number of hydrogen-bond acceptors (Lipinski definition) is 4. The van der Waals surface area contributed by atoms with Gasteiger partial charge >= 0.3 is 0 Å². The monoisotopic (exact) mass is 367 g/mol. The van der Waals surface area contributed by atoms with Crippen LogP contribution in [0.3, 0.4) is 0 Å². The first kappa shape index (κ1) is 19.8. The normalized spacial score (nSPS) is 16.5. The first-order chi connectivity index (χ1) is 11.7. The molecule has 5 nitrogen and oxygen atoms in total. The van der Waals surface area contributed by atoms with Crippen molar-refractivity contribution in [2.24, 2.45) is 5.92 Å². The first-order valence-corrected chi connectivity index (χ1v) is 10.7. The molecule has 2 rings (SSSR count). The second-order valence-corrected chi connectivity index (χ2v) is 9.73. The largest absolute Gasteiger partial charge is 0.491 e. The topological polar surface area (TPSA) is 63.7 Å². The fourth-order valence-electron chi connectivity index (χ4n) is 3.15. The van der Waals surface area contributed by atoms with Gasteiger partial charge < -0.3 is 9.64 Å². The van der Waals surface area contributed by atoms with Gasteiger partial charge in [-0.3, -0.25) is 4.79 Å². The second-order valence-electron chi connectivity index (χ2n) is 7.41. The zero-order chi connectivity index (χ0) is 18.6. The molecule has 0 N–H and O–H groups in total. The second kappa shape index (κ2) is 8.21. The van der Waals surface area contributed by atoms with Gasteiger partial charge in [-0.05, 0) is 56.9 Å². The Balaban J connectivity index is 1.95. The number of carbonyl (C=O) groups excluding carboxylic acids is 1. The summed E-state index contributed by atoms with van der Waals surface area (Å²) in [6, 6.07) is 7.13. The third-order valence-electron chi connectivity index (χ3n) is 4.28. The van der Waals surface area contributed by atoms with Gasteiger partial charge in [0.05, 0.1) is 17.1 Å². The van der Waals surface area contributed by atoms with Crippen LogP contribution in [-0.2, 0) is 9.84 Å². The van der Waals surface area contributed by atoms with Gasteiger partial charge in [-0.25, -0.2) is 8.42 Å². The predicted molar refractivity (Wildman–Crippen MR) is 99.8 cm³/mol. The van der Waals surface area contributed by atoms with Crippen molar-refractivity contribution < 1.29 is 17.9 Å². The zero-order valence-electron chi connectivity index (χ0n) is 15.6. The number of sulfone groups is 1. The molecule has 0 unspecified atom stereocenters. The number of ether oxygens (including phenoxy) is 1. The molecule has 0 spiro atoms. The molecule has 0 saturated carbocycles. The van der Waals surface area contributed by atoms with Crippen LogP contribution < -0.4 is 4.74 Å². The van der Waals surface area contributed by atoms with E-state index in [1.54, 1.807) is 29.2 Å². The molecule has 1 amide bonds. The van der Waals surface area contributed by atoms with E-state index in [0.717, 1.165) is 5.75 Å². The Morgan fingerprint density at radius 1 is 1.12 bits per heavy atom. The minimum Gasteiger partial charge on any atom is -0.491 e. The van der Waals surface area contributed by atoms with Crippen LogP contribution in [0.2, 0.25) is 0 Å². The summed E-state index contributed by atoms with van der Waals surface area (Å²) in [6.45, 7) is 8.73. The maximum atomic E-state index is 12.6. The van der Waals surface area contributed by atoms with Gasteiger partial charge in [0, 0.05) is 18.7 Å². The lowest BCUT2D eigenvalue weighted by molar-refractivity contribution is 0.0725. The SMILES string of the molecule is CC(C)CS(=O)(=O)C1CCN(C(=O)c2ccc(OC(C)C)cc2)CC1. The molecule has 0 bridgehead atoms. The number of nitrogens with zero attached hydrogens (tertiary/aromatic N) is 1. The Bertz CT molecular complexity index is 672. The molecular formula is C19H29NO4S. The van der Waals surface area contributed by atoms with Gasteiger partial charge in [-0.1, -0.05) is 13.8 Å². The van der Waals surface area contributed by atoms with Crippen molar-refractivity contribution in [3.05, 3.63) is 29.8 Å². The fraction of sp³-hybridized carbons (Fsp3) is 0.632. The minimum absolute atomic E-state index is 0.0456. The molecule has 0 aliphatic carbocycles. The number of piperidine rings is 1. The quantitative estimate of drug-likeness (QED) is 0.775. The summed E-state index contributed by atoms with van der Waals surface area (Å²) in [4.78, 5) is 14.4. The summed E-state index contributed by atoms with van der Waals surface area (Å²) in [7, 11) is -3.07. The lowest BCUT2D eigenvalue weighted by Gasteiger charge is -2.32. The van der Waals surface area contributed by atoms with Crippen molar-refractivity contribution in [1.82, 2.24) is 4.90 Å². The molecule has 1 aliphatic heterocycles. The fourth-order valence-corrected chi connectivity index (χ4v) is 5.28. The van der Waals surface area contributed by atoms with E-state index in [-0.39, 0.29) is 28.9 Å². The van der Waals surface area contributed by atoms with Gasteiger partial charge in [0.15, 0.2) is 9.84 Å². The van der Waals surface area contributed by atoms with Crippen LogP contribution in [0.1, 0.15) is 50.9 Å². The van der Waals surface area contributed by atoms with E-state index in [4.69, 9.17) is 4.74 Å². The summed E-state index contributed by atoms with van der Waals surface area (Å²) < 4.78 is 30.3. The summed E-state index contributed by atoms with van der Waals surface area (Å²) in [5.41, 5.74) is 0.611. The molecule has 0 aromatic heterocycles. The molecular weight excluding hydrogens is 338 g/mol. The molecule has 0 atom stereocenters. The summed E-state index contributed by atoms with van der Waals surface area (Å²) >= 11 is 0. The lowest BCUT2D eigenvalue weighted by Crippen LogP contribution is -2.43. The summed E-state index contributed by atoms with van der Waals surface area (Å²) in [5, 5.41) is -0.319. The van der Waals surface area contributed by atoms with Crippen molar-refractivity contribution in [1.29, 1.82) is 0 Å². The van der Waals surface area contributed by atoms with E-state index < -0.39 is 9.84 Å². The Morgan fingerprint density at radius 3 is 2.16 bits per heavy atom. The van der Waals surface area contributed by atoms with Crippen LogP contribution in [0, 0.1) is 5.92 Å². The summed E-state index contributed by atoms with van der Waals surface area (Å²) in [6.07, 6.45) is 1.14. The van der Waals surface area contributed by atoms with Crippen molar-refractivity contribution in [2.45, 2.75) is 51.9 Å². The van der Waals surface area contributed by atoms with E-state index in [1.807, 2.05) is 27.7 Å². The number of hydrogen-bond donors (Lipinski definition) is 0. The Morgan fingerprint density at radius 2 is 1.68 bits per heavy atom. The molecule has 1 aromatic rings. The minimum atomic E-state index is -3.07. The van der Waals surface area contributed by atoms with Crippen LogP contribution >= 0.6 is 0 Å². The van der Waals surface area contributed by atoms with Crippen molar-refractivity contribution in [3.8, 4) is 5.75 Å². The first-order valence-electron chi connectivity index (χ1n) is 8.96. The lowest BCUT2D eigenvalue weighted by atomic mass is 10.1. The van der Waals surface area contributed by atoms with Gasteiger partial charge in [-0.2, -0.15) is 0 Å². The van der Waals surface area contributed by atoms with Gasteiger partial charge in [0.25, 0.3) is 5.91 Å². The Labute approximate surface area is 151 Å². The zero-order valence-corrected chi connectivity index (χ0v) is 16.4. The third-order valence-corrected chi connectivity index (χ3v) is 6.89. The molecule has 1 aliphatic rings. The maximum absolute atomic E-state index is 12.6. The van der Waals surface area contributed by atoms with E-state index in [1.165, 1.54) is 0 Å². The van der Waals surface area contributed by atoms with Crippen LogP contribution in [0.4, 0.5) is 0 Å². The molecule has 1 aromatic carbocycles. The number of benzene rings is 1. The maximum Gasteiger partial charge on any atom is 0.253 e. The van der Waals surface area contributed by atoms with Crippen LogP contribution in [0.5, 0.6) is 5.75 Å². The van der Waals surface area contributed by atoms with Crippen LogP contribution in [0.15, 0.2) is 24.3 Å². The molecule has 140 valence electrons. The molecule has 6 heteroatoms. The highest BCUT2D eigenvalue weighted by molar-refractivity contribution is 7.92. The Hall–Kier alpha value is -1.56. The van der Waals surface area contributed by atoms with Gasteiger partial charge in [0.2, 0.25) is 0 Å². The molecule has 1 fully saturated rings. The highest BCUT2D eigenvalue weighted by atomic mass is 32.2. The number of likely N-dealkylation sites (tertiary alicyclic amines) is 1. The van der Waals surface area contributed by atoms with E-state index in [0.29, 0.717) is 31.5 Å². The Kier molecular flexibility index (Phi) is 6.49. The highest BCUT2D eigenvalue weighted by Crippen LogP contribution is 2.22. The van der Waals surface area contributed by atoms with Crippen molar-refractivity contribution in [2.75, 3.05) is 18.8 Å². The molecule has 1 heterocycles. The average molecular weight is 368 g/mol. The highest BCUT2D eigenvalue weighted by Gasteiger charge is 2.32. The molecule has 25 heavy (non-hydrogen) atoms. The number of amides is 1. The van der Waals surface area contributed by atoms with Crippen LogP contribution in [-0.4, -0.2) is 49.4 Å². The molecule has 1 saturated heterocycles. The van der Waals surface area contributed by atoms with Crippen LogP contribution in [0.25, 0.3) is 0 Å². The van der Waals surface area contributed by atoms with Crippen molar-refractivity contribution in [3.63, 3.8) is 0 Å². The molecule has 0 radical (unpaired) electrons. The van der Waals surface area contributed by atoms with E-state index in [2.05, 4.69) is 0 Å². The number of rotatable bonds is 6. The average Bonchev–Trinajstić information content (AvgIpc) is 2.53. The predicted octanol–water partition coefficient (Wildman–Crippen LogP) is 3.15. The van der Waals surface area contributed by atoms with Gasteiger partial charge in [-0.15, -0.1) is 0 Å². The van der Waals surface area contributed by atoms with Gasteiger partial charge in [0.1, 0.15) is 5.75 Å². The van der Waals surface area contributed by atoms with E-state index in [9.17, 15) is 13.2 Å².